The Kier molecular flexibility index (Phi) is 3.56. The molecule has 0 saturated heterocycles. The van der Waals surface area contributed by atoms with Crippen molar-refractivity contribution < 1.29 is 0 Å². The minimum Gasteiger partial charge on any atom is -0.381 e. The summed E-state index contributed by atoms with van der Waals surface area (Å²) in [6.45, 7) is 8.41. The van der Waals surface area contributed by atoms with Gasteiger partial charge in [-0.05, 0) is 67.8 Å². The predicted molar refractivity (Wildman–Crippen MR) is 90.5 cm³/mol. The number of nitrogens with one attached hydrogen (secondary N) is 1. The molecule has 1 unspecified atom stereocenters. The molecule has 2 aliphatic carbocycles. The van der Waals surface area contributed by atoms with Crippen molar-refractivity contribution >= 4 is 5.69 Å². The maximum absolute atomic E-state index is 3.87. The fraction of sp³-hybridized carbons (Fsp3) is 0.684. The lowest BCUT2D eigenvalue weighted by atomic mass is 9.68. The van der Waals surface area contributed by atoms with Crippen LogP contribution in [0.4, 0.5) is 5.69 Å². The van der Waals surface area contributed by atoms with Crippen molar-refractivity contribution in [1.82, 2.24) is 4.90 Å². The third-order valence-electron chi connectivity index (χ3n) is 6.03. The minimum absolute atomic E-state index is 0.412. The van der Waals surface area contributed by atoms with E-state index in [-0.39, 0.29) is 0 Å². The maximum atomic E-state index is 3.87. The molecule has 2 heteroatoms. The normalized spacial score (nSPS) is 33.6. The van der Waals surface area contributed by atoms with E-state index in [1.807, 2.05) is 0 Å². The van der Waals surface area contributed by atoms with Gasteiger partial charge in [0.05, 0.1) is 0 Å². The average Bonchev–Trinajstić information content (AvgIpc) is 2.87. The lowest BCUT2D eigenvalue weighted by Crippen LogP contribution is -2.45. The van der Waals surface area contributed by atoms with Crippen LogP contribution >= 0.6 is 0 Å². The molecule has 2 saturated carbocycles. The summed E-state index contributed by atoms with van der Waals surface area (Å²) in [5.74, 6) is 0.896. The van der Waals surface area contributed by atoms with Gasteiger partial charge < -0.3 is 10.2 Å². The zero-order valence-corrected chi connectivity index (χ0v) is 14.2. The lowest BCUT2D eigenvalue weighted by Gasteiger charge is -2.43. The first-order valence-corrected chi connectivity index (χ1v) is 8.31. The molecule has 0 aromatic heterocycles. The minimum atomic E-state index is 0.412. The van der Waals surface area contributed by atoms with Crippen molar-refractivity contribution in [3.8, 4) is 0 Å². The molecule has 2 nitrogen and oxygen atoms in total. The van der Waals surface area contributed by atoms with Gasteiger partial charge in [-0.3, -0.25) is 0 Å². The van der Waals surface area contributed by atoms with Crippen molar-refractivity contribution in [3.05, 3.63) is 29.8 Å². The molecular formula is C19H30N2. The number of hydrogen-bond acceptors (Lipinski definition) is 2. The van der Waals surface area contributed by atoms with Crippen LogP contribution in [0.15, 0.2) is 24.3 Å². The van der Waals surface area contributed by atoms with Crippen LogP contribution < -0.4 is 5.32 Å². The van der Waals surface area contributed by atoms with Gasteiger partial charge >= 0.3 is 0 Å². The molecule has 3 atom stereocenters. The topological polar surface area (TPSA) is 15.3 Å². The molecule has 0 heterocycles. The standard InChI is InChI=1S/C19H30N2/c1-18(2)15-10-11-19(3,12-15)17(18)20-16-8-6-14(7-9-16)13-21(4)5/h6-9,15,17,20H,10-13H2,1-5H3/t15-,17?,19+/m0/s1. The van der Waals surface area contributed by atoms with Crippen LogP contribution in [0.25, 0.3) is 0 Å². The summed E-state index contributed by atoms with van der Waals surface area (Å²) in [4.78, 5) is 2.21. The van der Waals surface area contributed by atoms with Crippen LogP contribution in [0.1, 0.15) is 45.6 Å². The Bertz CT molecular complexity index is 498. The molecule has 1 N–H and O–H groups in total. The second kappa shape index (κ2) is 5.01. The average molecular weight is 286 g/mol. The summed E-state index contributed by atoms with van der Waals surface area (Å²) in [5, 5.41) is 3.87. The van der Waals surface area contributed by atoms with Gasteiger partial charge in [-0.25, -0.2) is 0 Å². The zero-order valence-electron chi connectivity index (χ0n) is 14.2. The van der Waals surface area contributed by atoms with E-state index in [4.69, 9.17) is 0 Å². The SMILES string of the molecule is CN(C)Cc1ccc(NC2C(C)(C)[C@H]3CC[C@]2(C)C3)cc1. The molecule has 0 spiro atoms. The molecule has 1 aromatic carbocycles. The Labute approximate surface area is 129 Å². The first-order valence-electron chi connectivity index (χ1n) is 8.31. The monoisotopic (exact) mass is 286 g/mol. The molecule has 2 aliphatic rings. The molecular weight excluding hydrogens is 256 g/mol. The van der Waals surface area contributed by atoms with Gasteiger partial charge in [0.15, 0.2) is 0 Å². The molecule has 0 radical (unpaired) electrons. The summed E-state index contributed by atoms with van der Waals surface area (Å²) < 4.78 is 0. The van der Waals surface area contributed by atoms with Crippen molar-refractivity contribution in [3.63, 3.8) is 0 Å². The van der Waals surface area contributed by atoms with Gasteiger partial charge in [-0.2, -0.15) is 0 Å². The van der Waals surface area contributed by atoms with Crippen molar-refractivity contribution in [2.45, 2.75) is 52.6 Å². The Morgan fingerprint density at radius 3 is 2.33 bits per heavy atom. The van der Waals surface area contributed by atoms with E-state index in [9.17, 15) is 0 Å². The number of anilines is 1. The Balaban J connectivity index is 1.74. The largest absolute Gasteiger partial charge is 0.381 e. The van der Waals surface area contributed by atoms with E-state index in [0.717, 1.165) is 12.5 Å². The Morgan fingerprint density at radius 2 is 1.81 bits per heavy atom. The highest BCUT2D eigenvalue weighted by molar-refractivity contribution is 5.47. The number of benzene rings is 1. The van der Waals surface area contributed by atoms with Gasteiger partial charge in [-0.15, -0.1) is 0 Å². The van der Waals surface area contributed by atoms with Crippen LogP contribution in [0.5, 0.6) is 0 Å². The lowest BCUT2D eigenvalue weighted by molar-refractivity contribution is 0.155. The van der Waals surface area contributed by atoms with E-state index < -0.39 is 0 Å². The first-order chi connectivity index (χ1) is 9.81. The van der Waals surface area contributed by atoms with Crippen molar-refractivity contribution in [2.24, 2.45) is 16.7 Å². The van der Waals surface area contributed by atoms with Crippen LogP contribution in [-0.2, 0) is 6.54 Å². The number of fused-ring (bicyclic) bond motifs is 2. The van der Waals surface area contributed by atoms with E-state index in [2.05, 4.69) is 69.3 Å². The molecule has 116 valence electrons. The third kappa shape index (κ3) is 2.59. The molecule has 3 rings (SSSR count). The van der Waals surface area contributed by atoms with E-state index in [0.29, 0.717) is 16.9 Å². The molecule has 21 heavy (non-hydrogen) atoms. The highest BCUT2D eigenvalue weighted by Crippen LogP contribution is 2.63. The van der Waals surface area contributed by atoms with E-state index in [1.54, 1.807) is 0 Å². The summed E-state index contributed by atoms with van der Waals surface area (Å²) >= 11 is 0. The number of nitrogens with zero attached hydrogens (tertiary/aromatic N) is 1. The van der Waals surface area contributed by atoms with Gasteiger partial charge in [0.2, 0.25) is 0 Å². The van der Waals surface area contributed by atoms with Crippen LogP contribution in [0, 0.1) is 16.7 Å². The van der Waals surface area contributed by atoms with E-state index >= 15 is 0 Å². The third-order valence-corrected chi connectivity index (χ3v) is 6.03. The highest BCUT2D eigenvalue weighted by atomic mass is 15.0. The second-order valence-electron chi connectivity index (χ2n) is 8.43. The quantitative estimate of drug-likeness (QED) is 0.884. The number of rotatable bonds is 4. The van der Waals surface area contributed by atoms with Crippen molar-refractivity contribution in [1.29, 1.82) is 0 Å². The molecule has 0 aliphatic heterocycles. The van der Waals surface area contributed by atoms with Crippen LogP contribution in [-0.4, -0.2) is 25.0 Å². The smallest absolute Gasteiger partial charge is 0.0368 e. The molecule has 0 amide bonds. The Hall–Kier alpha value is -1.02. The van der Waals surface area contributed by atoms with Gasteiger partial charge in [0.1, 0.15) is 0 Å². The van der Waals surface area contributed by atoms with Crippen molar-refractivity contribution in [2.75, 3.05) is 19.4 Å². The maximum Gasteiger partial charge on any atom is 0.0368 e. The van der Waals surface area contributed by atoms with E-state index in [1.165, 1.54) is 30.5 Å². The predicted octanol–water partition coefficient (Wildman–Crippen LogP) is 4.37. The van der Waals surface area contributed by atoms with Gasteiger partial charge in [0.25, 0.3) is 0 Å². The highest BCUT2D eigenvalue weighted by Gasteiger charge is 2.59. The molecule has 1 aromatic rings. The summed E-state index contributed by atoms with van der Waals surface area (Å²) in [6, 6.07) is 9.62. The van der Waals surface area contributed by atoms with Crippen LogP contribution in [0.2, 0.25) is 0 Å². The van der Waals surface area contributed by atoms with Gasteiger partial charge in [0, 0.05) is 18.3 Å². The van der Waals surface area contributed by atoms with Crippen LogP contribution in [0.3, 0.4) is 0 Å². The zero-order chi connectivity index (χ0) is 15.3. The second-order valence-corrected chi connectivity index (χ2v) is 8.43. The summed E-state index contributed by atoms with van der Waals surface area (Å²) in [5.41, 5.74) is 3.56. The van der Waals surface area contributed by atoms with Gasteiger partial charge in [-0.1, -0.05) is 32.9 Å². The first kappa shape index (κ1) is 14.9. The summed E-state index contributed by atoms with van der Waals surface area (Å²) in [7, 11) is 4.23. The fourth-order valence-electron chi connectivity index (χ4n) is 4.90. The molecule has 2 fully saturated rings. The number of hydrogen-bond donors (Lipinski definition) is 1. The molecule has 2 bridgehead atoms. The fourth-order valence-corrected chi connectivity index (χ4v) is 4.90. The Morgan fingerprint density at radius 1 is 1.14 bits per heavy atom. The summed E-state index contributed by atoms with van der Waals surface area (Å²) in [6.07, 6.45) is 4.21.